The number of hydrogen-bond donors (Lipinski definition) is 2. The summed E-state index contributed by atoms with van der Waals surface area (Å²) in [6, 6.07) is 4.85. The second-order valence-electron chi connectivity index (χ2n) is 4.68. The van der Waals surface area contributed by atoms with Crippen molar-refractivity contribution in [3.8, 4) is 0 Å². The first-order chi connectivity index (χ1) is 9.08. The SMILES string of the molecule is Cc1ccc(NC(=O)C2CCCCO2)cc1C(=O)O. The predicted molar refractivity (Wildman–Crippen MR) is 70.4 cm³/mol. The van der Waals surface area contributed by atoms with E-state index in [1.54, 1.807) is 19.1 Å². The van der Waals surface area contributed by atoms with E-state index in [4.69, 9.17) is 9.84 Å². The Balaban J connectivity index is 2.08. The van der Waals surface area contributed by atoms with Gasteiger partial charge in [-0.1, -0.05) is 6.07 Å². The molecule has 1 aliphatic rings. The minimum absolute atomic E-state index is 0.197. The van der Waals surface area contributed by atoms with E-state index in [9.17, 15) is 9.59 Å². The number of carbonyl (C=O) groups excluding carboxylic acids is 1. The number of carboxylic acids is 1. The first kappa shape index (κ1) is 13.5. The minimum Gasteiger partial charge on any atom is -0.478 e. The smallest absolute Gasteiger partial charge is 0.336 e. The number of carbonyl (C=O) groups is 2. The van der Waals surface area contributed by atoms with Gasteiger partial charge >= 0.3 is 5.97 Å². The summed E-state index contributed by atoms with van der Waals surface area (Å²) in [5.74, 6) is -1.21. The number of hydrogen-bond acceptors (Lipinski definition) is 3. The molecule has 1 heterocycles. The van der Waals surface area contributed by atoms with Crippen LogP contribution in [0.4, 0.5) is 5.69 Å². The Kier molecular flexibility index (Phi) is 4.16. The zero-order valence-electron chi connectivity index (χ0n) is 10.8. The molecule has 1 aromatic rings. The second kappa shape index (κ2) is 5.84. The van der Waals surface area contributed by atoms with Crippen LogP contribution < -0.4 is 5.32 Å². The highest BCUT2D eigenvalue weighted by Crippen LogP contribution is 2.18. The van der Waals surface area contributed by atoms with E-state index < -0.39 is 12.1 Å². The molecule has 0 spiro atoms. The highest BCUT2D eigenvalue weighted by Gasteiger charge is 2.22. The summed E-state index contributed by atoms with van der Waals surface area (Å²) in [4.78, 5) is 23.0. The van der Waals surface area contributed by atoms with Crippen LogP contribution in [-0.4, -0.2) is 29.7 Å². The maximum absolute atomic E-state index is 12.0. The Morgan fingerprint density at radius 1 is 1.37 bits per heavy atom. The maximum atomic E-state index is 12.0. The Bertz CT molecular complexity index is 492. The van der Waals surface area contributed by atoms with Gasteiger partial charge < -0.3 is 15.2 Å². The molecule has 5 nitrogen and oxygen atoms in total. The van der Waals surface area contributed by atoms with Crippen LogP contribution >= 0.6 is 0 Å². The number of nitrogens with one attached hydrogen (secondary N) is 1. The molecule has 1 saturated heterocycles. The standard InChI is InChI=1S/C14H17NO4/c1-9-5-6-10(8-11(9)14(17)18)15-13(16)12-4-2-3-7-19-12/h5-6,8,12H,2-4,7H2,1H3,(H,15,16)(H,17,18). The van der Waals surface area contributed by atoms with Crippen LogP contribution in [0.2, 0.25) is 0 Å². The molecular weight excluding hydrogens is 246 g/mol. The fourth-order valence-corrected chi connectivity index (χ4v) is 2.10. The first-order valence-corrected chi connectivity index (χ1v) is 6.34. The number of aryl methyl sites for hydroxylation is 1. The Morgan fingerprint density at radius 2 is 2.16 bits per heavy atom. The van der Waals surface area contributed by atoms with Crippen LogP contribution in [0.3, 0.4) is 0 Å². The van der Waals surface area contributed by atoms with Crippen molar-refractivity contribution in [3.05, 3.63) is 29.3 Å². The van der Waals surface area contributed by atoms with Gasteiger partial charge in [0.15, 0.2) is 0 Å². The Hall–Kier alpha value is -1.88. The molecular formula is C14H17NO4. The van der Waals surface area contributed by atoms with Crippen molar-refractivity contribution in [2.45, 2.75) is 32.3 Å². The lowest BCUT2D eigenvalue weighted by molar-refractivity contribution is -0.129. The van der Waals surface area contributed by atoms with Gasteiger partial charge in [-0.3, -0.25) is 4.79 Å². The fourth-order valence-electron chi connectivity index (χ4n) is 2.10. The third kappa shape index (κ3) is 3.32. The molecule has 0 aromatic heterocycles. The van der Waals surface area contributed by atoms with Gasteiger partial charge in [0.1, 0.15) is 6.10 Å². The summed E-state index contributed by atoms with van der Waals surface area (Å²) < 4.78 is 5.38. The molecule has 19 heavy (non-hydrogen) atoms. The van der Waals surface area contributed by atoms with Gasteiger partial charge in [-0.15, -0.1) is 0 Å². The lowest BCUT2D eigenvalue weighted by atomic mass is 10.1. The largest absolute Gasteiger partial charge is 0.478 e. The van der Waals surface area contributed by atoms with Crippen molar-refractivity contribution in [2.24, 2.45) is 0 Å². The molecule has 2 N–H and O–H groups in total. The molecule has 2 rings (SSSR count). The second-order valence-corrected chi connectivity index (χ2v) is 4.68. The van der Waals surface area contributed by atoms with Crippen LogP contribution in [0.15, 0.2) is 18.2 Å². The number of aromatic carboxylic acids is 1. The Labute approximate surface area is 111 Å². The monoisotopic (exact) mass is 263 g/mol. The van der Waals surface area contributed by atoms with Crippen LogP contribution in [0.25, 0.3) is 0 Å². The lowest BCUT2D eigenvalue weighted by Crippen LogP contribution is -2.33. The maximum Gasteiger partial charge on any atom is 0.336 e. The van der Waals surface area contributed by atoms with Crippen LogP contribution in [-0.2, 0) is 9.53 Å². The fraction of sp³-hybridized carbons (Fsp3) is 0.429. The molecule has 1 atom stereocenters. The van der Waals surface area contributed by atoms with Crippen LogP contribution in [0.5, 0.6) is 0 Å². The zero-order valence-corrected chi connectivity index (χ0v) is 10.8. The third-order valence-corrected chi connectivity index (χ3v) is 3.21. The van der Waals surface area contributed by atoms with E-state index in [-0.39, 0.29) is 11.5 Å². The van der Waals surface area contributed by atoms with Crippen molar-refractivity contribution < 1.29 is 19.4 Å². The van der Waals surface area contributed by atoms with E-state index in [1.807, 2.05) is 0 Å². The van der Waals surface area contributed by atoms with E-state index in [2.05, 4.69) is 5.32 Å². The summed E-state index contributed by atoms with van der Waals surface area (Å²) >= 11 is 0. The predicted octanol–water partition coefficient (Wildman–Crippen LogP) is 2.20. The molecule has 0 bridgehead atoms. The van der Waals surface area contributed by atoms with Crippen LogP contribution in [0, 0.1) is 6.92 Å². The van der Waals surface area contributed by atoms with Crippen molar-refractivity contribution in [3.63, 3.8) is 0 Å². The summed E-state index contributed by atoms with van der Waals surface area (Å²) in [6.45, 7) is 2.33. The Morgan fingerprint density at radius 3 is 2.79 bits per heavy atom. The van der Waals surface area contributed by atoms with Crippen molar-refractivity contribution in [1.82, 2.24) is 0 Å². The minimum atomic E-state index is -0.998. The highest BCUT2D eigenvalue weighted by molar-refractivity contribution is 5.96. The number of rotatable bonds is 3. The van der Waals surface area contributed by atoms with E-state index in [1.165, 1.54) is 6.07 Å². The molecule has 1 amide bonds. The average molecular weight is 263 g/mol. The summed E-state index contributed by atoms with van der Waals surface area (Å²) in [5, 5.41) is 11.7. The normalized spacial score (nSPS) is 18.9. The summed E-state index contributed by atoms with van der Waals surface area (Å²) in [7, 11) is 0. The third-order valence-electron chi connectivity index (χ3n) is 3.21. The van der Waals surface area contributed by atoms with Gasteiger partial charge in [-0.25, -0.2) is 4.79 Å². The van der Waals surface area contributed by atoms with E-state index >= 15 is 0 Å². The molecule has 102 valence electrons. The highest BCUT2D eigenvalue weighted by atomic mass is 16.5. The van der Waals surface area contributed by atoms with Gasteiger partial charge in [0, 0.05) is 12.3 Å². The zero-order chi connectivity index (χ0) is 13.8. The number of benzene rings is 1. The lowest BCUT2D eigenvalue weighted by Gasteiger charge is -2.21. The number of anilines is 1. The summed E-state index contributed by atoms with van der Waals surface area (Å²) in [6.07, 6.45) is 2.25. The number of carboxylic acid groups (broad SMARTS) is 1. The number of amides is 1. The van der Waals surface area contributed by atoms with Gasteiger partial charge in [-0.2, -0.15) is 0 Å². The van der Waals surface area contributed by atoms with Gasteiger partial charge in [0.2, 0.25) is 0 Å². The van der Waals surface area contributed by atoms with Crippen molar-refractivity contribution in [1.29, 1.82) is 0 Å². The topological polar surface area (TPSA) is 75.6 Å². The van der Waals surface area contributed by atoms with Gasteiger partial charge in [0.05, 0.1) is 5.56 Å². The van der Waals surface area contributed by atoms with E-state index in [0.717, 1.165) is 12.8 Å². The van der Waals surface area contributed by atoms with Crippen molar-refractivity contribution in [2.75, 3.05) is 11.9 Å². The van der Waals surface area contributed by atoms with Crippen molar-refractivity contribution >= 4 is 17.6 Å². The number of ether oxygens (including phenoxy) is 1. The molecule has 1 fully saturated rings. The van der Waals surface area contributed by atoms with Gasteiger partial charge in [-0.05, 0) is 43.9 Å². The molecule has 5 heteroatoms. The molecule has 1 aliphatic heterocycles. The molecule has 0 saturated carbocycles. The first-order valence-electron chi connectivity index (χ1n) is 6.34. The summed E-state index contributed by atoms with van der Waals surface area (Å²) in [5.41, 5.74) is 1.35. The molecule has 0 aliphatic carbocycles. The molecule has 1 unspecified atom stereocenters. The molecule has 0 radical (unpaired) electrons. The van der Waals surface area contributed by atoms with Crippen LogP contribution in [0.1, 0.15) is 35.2 Å². The average Bonchev–Trinajstić information content (AvgIpc) is 2.41. The van der Waals surface area contributed by atoms with E-state index in [0.29, 0.717) is 24.3 Å². The van der Waals surface area contributed by atoms with Gasteiger partial charge in [0.25, 0.3) is 5.91 Å². The molecule has 1 aromatic carbocycles. The quantitative estimate of drug-likeness (QED) is 0.876.